The maximum absolute atomic E-state index is 12.3. The van der Waals surface area contributed by atoms with Crippen LogP contribution >= 0.6 is 0 Å². The van der Waals surface area contributed by atoms with E-state index in [1.807, 2.05) is 44.1 Å². The first-order valence-electron chi connectivity index (χ1n) is 9.48. The zero-order valence-corrected chi connectivity index (χ0v) is 15.8. The number of hydrogen-bond donors (Lipinski definition) is 1. The van der Waals surface area contributed by atoms with E-state index in [4.69, 9.17) is 4.74 Å². The Hall–Kier alpha value is -1.62. The highest BCUT2D eigenvalue weighted by molar-refractivity contribution is 5.68. The Morgan fingerprint density at radius 1 is 1.36 bits per heavy atom. The van der Waals surface area contributed by atoms with Crippen LogP contribution in [-0.4, -0.2) is 40.7 Å². The summed E-state index contributed by atoms with van der Waals surface area (Å²) in [7, 11) is 0. The number of nitrogens with zero attached hydrogens (tertiary/aromatic N) is 2. The largest absolute Gasteiger partial charge is 0.444 e. The van der Waals surface area contributed by atoms with E-state index in [1.54, 1.807) is 0 Å². The lowest BCUT2D eigenvalue weighted by Gasteiger charge is -2.43. The standard InChI is InChI=1S/C20H31N3O2/c1-19(2,3)25-18(24)23-12-9-20(10-13-23)8-4-7-17(20)22-15-16-6-5-11-21-14-16/h5-6,11,14,17,22H,4,7-10,12-13,15H2,1-3H3. The molecule has 1 saturated carbocycles. The molecule has 1 amide bonds. The van der Waals surface area contributed by atoms with Crippen LogP contribution in [0.4, 0.5) is 4.79 Å². The summed E-state index contributed by atoms with van der Waals surface area (Å²) in [5.74, 6) is 0. The van der Waals surface area contributed by atoms with Crippen molar-refractivity contribution in [2.45, 2.75) is 71.1 Å². The number of aromatic nitrogens is 1. The van der Waals surface area contributed by atoms with Gasteiger partial charge in [0.25, 0.3) is 0 Å². The van der Waals surface area contributed by atoms with Gasteiger partial charge in [0.05, 0.1) is 0 Å². The van der Waals surface area contributed by atoms with Crippen molar-refractivity contribution in [3.8, 4) is 0 Å². The minimum Gasteiger partial charge on any atom is -0.444 e. The van der Waals surface area contributed by atoms with Gasteiger partial charge in [0.15, 0.2) is 0 Å². The van der Waals surface area contributed by atoms with Gasteiger partial charge >= 0.3 is 6.09 Å². The summed E-state index contributed by atoms with van der Waals surface area (Å²) >= 11 is 0. The average Bonchev–Trinajstić information content (AvgIpc) is 2.95. The van der Waals surface area contributed by atoms with Gasteiger partial charge in [-0.15, -0.1) is 0 Å². The van der Waals surface area contributed by atoms with E-state index < -0.39 is 5.60 Å². The molecule has 2 aliphatic rings. The highest BCUT2D eigenvalue weighted by atomic mass is 16.6. The average molecular weight is 345 g/mol. The van der Waals surface area contributed by atoms with Gasteiger partial charge in [0, 0.05) is 38.1 Å². The van der Waals surface area contributed by atoms with E-state index in [9.17, 15) is 4.79 Å². The molecule has 5 heteroatoms. The zero-order valence-electron chi connectivity index (χ0n) is 15.8. The van der Waals surface area contributed by atoms with Crippen molar-refractivity contribution in [3.63, 3.8) is 0 Å². The van der Waals surface area contributed by atoms with Crippen LogP contribution in [0.2, 0.25) is 0 Å². The highest BCUT2D eigenvalue weighted by Gasteiger charge is 2.45. The van der Waals surface area contributed by atoms with Gasteiger partial charge in [-0.2, -0.15) is 0 Å². The monoisotopic (exact) mass is 345 g/mol. The summed E-state index contributed by atoms with van der Waals surface area (Å²) in [5, 5.41) is 3.77. The number of likely N-dealkylation sites (tertiary alicyclic amines) is 1. The van der Waals surface area contributed by atoms with Crippen molar-refractivity contribution in [2.75, 3.05) is 13.1 Å². The first-order chi connectivity index (χ1) is 11.9. The molecule has 0 bridgehead atoms. The number of carbonyl (C=O) groups excluding carboxylic acids is 1. The molecule has 138 valence electrons. The van der Waals surface area contributed by atoms with E-state index >= 15 is 0 Å². The fourth-order valence-electron chi connectivity index (χ4n) is 4.26. The molecule has 0 aromatic carbocycles. The molecule has 1 aromatic rings. The van der Waals surface area contributed by atoms with Crippen molar-refractivity contribution in [1.82, 2.24) is 15.2 Å². The fraction of sp³-hybridized carbons (Fsp3) is 0.700. The summed E-state index contributed by atoms with van der Waals surface area (Å²) in [4.78, 5) is 18.4. The third kappa shape index (κ3) is 4.51. The van der Waals surface area contributed by atoms with Crippen molar-refractivity contribution in [3.05, 3.63) is 30.1 Å². The summed E-state index contributed by atoms with van der Waals surface area (Å²) in [6.45, 7) is 8.25. The van der Waals surface area contributed by atoms with Gasteiger partial charge in [-0.05, 0) is 63.5 Å². The Morgan fingerprint density at radius 3 is 2.76 bits per heavy atom. The van der Waals surface area contributed by atoms with Gasteiger partial charge in [0.2, 0.25) is 0 Å². The third-order valence-electron chi connectivity index (χ3n) is 5.59. The molecule has 3 rings (SSSR count). The molecule has 1 atom stereocenters. The van der Waals surface area contributed by atoms with Crippen molar-refractivity contribution < 1.29 is 9.53 Å². The van der Waals surface area contributed by atoms with Crippen LogP contribution in [0.5, 0.6) is 0 Å². The van der Waals surface area contributed by atoms with Crippen LogP contribution in [0.25, 0.3) is 0 Å². The Kier molecular flexibility index (Phi) is 5.32. The van der Waals surface area contributed by atoms with Crippen molar-refractivity contribution in [1.29, 1.82) is 0 Å². The molecule has 2 heterocycles. The molecule has 1 spiro atoms. The zero-order chi connectivity index (χ0) is 17.9. The van der Waals surface area contributed by atoms with Gasteiger partial charge < -0.3 is 15.0 Å². The summed E-state index contributed by atoms with van der Waals surface area (Å²) < 4.78 is 5.52. The van der Waals surface area contributed by atoms with Crippen molar-refractivity contribution in [2.24, 2.45) is 5.41 Å². The van der Waals surface area contributed by atoms with Crippen LogP contribution in [0.15, 0.2) is 24.5 Å². The maximum atomic E-state index is 12.3. The summed E-state index contributed by atoms with van der Waals surface area (Å²) in [6.07, 6.45) is 9.48. The van der Waals surface area contributed by atoms with Gasteiger partial charge in [-0.3, -0.25) is 4.98 Å². The lowest BCUT2D eigenvalue weighted by atomic mass is 9.74. The first-order valence-corrected chi connectivity index (χ1v) is 9.48. The van der Waals surface area contributed by atoms with Crippen molar-refractivity contribution >= 4 is 6.09 Å². The molecule has 25 heavy (non-hydrogen) atoms. The third-order valence-corrected chi connectivity index (χ3v) is 5.59. The lowest BCUT2D eigenvalue weighted by molar-refractivity contribution is 0.00718. The predicted octanol–water partition coefficient (Wildman–Crippen LogP) is 3.74. The maximum Gasteiger partial charge on any atom is 0.410 e. The Bertz CT molecular complexity index is 574. The minimum absolute atomic E-state index is 0.166. The second kappa shape index (κ2) is 7.32. The molecule has 5 nitrogen and oxygen atoms in total. The van der Waals surface area contributed by atoms with Gasteiger partial charge in [-0.1, -0.05) is 12.5 Å². The van der Waals surface area contributed by atoms with Gasteiger partial charge in [-0.25, -0.2) is 4.79 Å². The fourth-order valence-corrected chi connectivity index (χ4v) is 4.26. The Morgan fingerprint density at radius 2 is 2.12 bits per heavy atom. The quantitative estimate of drug-likeness (QED) is 0.907. The minimum atomic E-state index is -0.423. The SMILES string of the molecule is CC(C)(C)OC(=O)N1CCC2(CCCC2NCc2cccnc2)CC1. The van der Waals surface area contributed by atoms with Crippen LogP contribution < -0.4 is 5.32 Å². The highest BCUT2D eigenvalue weighted by Crippen LogP contribution is 2.46. The summed E-state index contributed by atoms with van der Waals surface area (Å²) in [6, 6.07) is 4.64. The smallest absolute Gasteiger partial charge is 0.410 e. The van der Waals surface area contributed by atoms with Crippen LogP contribution in [0.3, 0.4) is 0 Å². The molecule has 0 radical (unpaired) electrons. The number of rotatable bonds is 3. The summed E-state index contributed by atoms with van der Waals surface area (Å²) in [5.41, 5.74) is 1.14. The van der Waals surface area contributed by atoms with Crippen LogP contribution in [-0.2, 0) is 11.3 Å². The van der Waals surface area contributed by atoms with Crippen LogP contribution in [0, 0.1) is 5.41 Å². The normalized spacial score (nSPS) is 23.0. The molecule has 1 aromatic heterocycles. The molecule has 1 saturated heterocycles. The number of piperidine rings is 1. The Balaban J connectivity index is 1.54. The van der Waals surface area contributed by atoms with Gasteiger partial charge in [0.1, 0.15) is 5.60 Å². The van der Waals surface area contributed by atoms with E-state index in [2.05, 4.69) is 16.4 Å². The molecule has 1 aliphatic carbocycles. The molecular formula is C20H31N3O2. The first kappa shape index (κ1) is 18.2. The van der Waals surface area contributed by atoms with E-state index in [0.717, 1.165) is 32.5 Å². The van der Waals surface area contributed by atoms with Crippen LogP contribution in [0.1, 0.15) is 58.4 Å². The lowest BCUT2D eigenvalue weighted by Crippen LogP contribution is -2.50. The molecular weight excluding hydrogens is 314 g/mol. The van der Waals surface area contributed by atoms with E-state index in [-0.39, 0.29) is 6.09 Å². The molecule has 1 aliphatic heterocycles. The topological polar surface area (TPSA) is 54.5 Å². The number of ether oxygens (including phenoxy) is 1. The second-order valence-electron chi connectivity index (χ2n) is 8.52. The van der Waals surface area contributed by atoms with E-state index in [1.165, 1.54) is 24.8 Å². The number of carbonyl (C=O) groups is 1. The second-order valence-corrected chi connectivity index (χ2v) is 8.52. The number of amides is 1. The predicted molar refractivity (Wildman–Crippen MR) is 98.2 cm³/mol. The number of hydrogen-bond acceptors (Lipinski definition) is 4. The van der Waals surface area contributed by atoms with E-state index in [0.29, 0.717) is 11.5 Å². The Labute approximate surface area is 151 Å². The number of pyridine rings is 1. The molecule has 1 N–H and O–H groups in total. The molecule has 1 unspecified atom stereocenters. The number of nitrogens with one attached hydrogen (secondary N) is 1. The molecule has 2 fully saturated rings.